The number of hydrogen-bond acceptors (Lipinski definition) is 7. The highest BCUT2D eigenvalue weighted by molar-refractivity contribution is 7.89. The summed E-state index contributed by atoms with van der Waals surface area (Å²) in [6.07, 6.45) is 0.318. The van der Waals surface area contributed by atoms with Crippen molar-refractivity contribution in [2.75, 3.05) is 5.32 Å². The number of thiophene rings is 1. The van der Waals surface area contributed by atoms with Crippen LogP contribution in [0.4, 0.5) is 5.13 Å². The smallest absolute Gasteiger partial charge is 0.238 e. The second kappa shape index (κ2) is 9.47. The zero-order valence-corrected chi connectivity index (χ0v) is 18.4. The van der Waals surface area contributed by atoms with Gasteiger partial charge in [-0.3, -0.25) is 9.59 Å². The van der Waals surface area contributed by atoms with E-state index < -0.39 is 16.1 Å². The van der Waals surface area contributed by atoms with Crippen molar-refractivity contribution in [2.45, 2.75) is 30.7 Å². The van der Waals surface area contributed by atoms with E-state index in [0.29, 0.717) is 16.4 Å². The molecule has 11 heteroatoms. The number of carbonyl (C=O) groups excluding carboxylic acids is 2. The molecule has 0 spiro atoms. The fourth-order valence-corrected chi connectivity index (χ4v) is 4.68. The van der Waals surface area contributed by atoms with Gasteiger partial charge in [-0.25, -0.2) is 18.5 Å². The summed E-state index contributed by atoms with van der Waals surface area (Å²) in [4.78, 5) is 29.6. The molecule has 3 aromatic rings. The molecule has 0 aliphatic carbocycles. The van der Waals surface area contributed by atoms with Gasteiger partial charge in [-0.15, -0.1) is 22.7 Å². The van der Waals surface area contributed by atoms with Gasteiger partial charge in [0.15, 0.2) is 5.13 Å². The largest absolute Gasteiger partial charge is 0.349 e. The van der Waals surface area contributed by atoms with Gasteiger partial charge in [0.25, 0.3) is 0 Å². The molecule has 1 aromatic carbocycles. The van der Waals surface area contributed by atoms with Gasteiger partial charge in [0.05, 0.1) is 29.5 Å². The quantitative estimate of drug-likeness (QED) is 0.471. The van der Waals surface area contributed by atoms with E-state index in [9.17, 15) is 18.0 Å². The van der Waals surface area contributed by atoms with Crippen LogP contribution in [0.15, 0.2) is 52.1 Å². The van der Waals surface area contributed by atoms with Gasteiger partial charge in [0.1, 0.15) is 0 Å². The number of nitrogens with one attached hydrogen (secondary N) is 2. The molecule has 4 N–H and O–H groups in total. The van der Waals surface area contributed by atoms with E-state index >= 15 is 0 Å². The lowest BCUT2D eigenvalue weighted by Gasteiger charge is -2.14. The zero-order chi connectivity index (χ0) is 21.7. The van der Waals surface area contributed by atoms with E-state index in [-0.39, 0.29) is 29.6 Å². The van der Waals surface area contributed by atoms with Crippen LogP contribution in [0.25, 0.3) is 0 Å². The van der Waals surface area contributed by atoms with Crippen molar-refractivity contribution in [1.82, 2.24) is 10.3 Å². The summed E-state index contributed by atoms with van der Waals surface area (Å²) in [5.74, 6) is -0.434. The van der Waals surface area contributed by atoms with Crippen molar-refractivity contribution in [3.8, 4) is 0 Å². The monoisotopic (exact) mass is 464 g/mol. The molecule has 2 amide bonds. The number of nitrogens with zero attached hydrogens (tertiary/aromatic N) is 1. The first kappa shape index (κ1) is 22.1. The fraction of sp³-hybridized carbons (Fsp3) is 0.211. The first-order valence-electron chi connectivity index (χ1n) is 8.89. The Morgan fingerprint density at radius 3 is 2.63 bits per heavy atom. The average molecular weight is 465 g/mol. The maximum Gasteiger partial charge on any atom is 0.238 e. The van der Waals surface area contributed by atoms with Crippen LogP contribution in [0, 0.1) is 0 Å². The van der Waals surface area contributed by atoms with Gasteiger partial charge < -0.3 is 10.6 Å². The third-order valence-corrected chi connectivity index (χ3v) is 6.71. The lowest BCUT2D eigenvalue weighted by Crippen LogP contribution is -2.28. The van der Waals surface area contributed by atoms with Crippen molar-refractivity contribution in [2.24, 2.45) is 5.14 Å². The summed E-state index contributed by atoms with van der Waals surface area (Å²) in [6, 6.07) is 9.48. The number of carbonyl (C=O) groups is 2. The SMILES string of the molecule is CC(NC(=O)Cc1csc(NC(=O)Cc2cccs2)n1)c1cccc(S(N)(=O)=O)c1. The van der Waals surface area contributed by atoms with Gasteiger partial charge in [-0.2, -0.15) is 0 Å². The number of primary sulfonamides is 1. The third kappa shape index (κ3) is 6.20. The highest BCUT2D eigenvalue weighted by atomic mass is 32.2. The van der Waals surface area contributed by atoms with Gasteiger partial charge >= 0.3 is 0 Å². The molecule has 158 valence electrons. The van der Waals surface area contributed by atoms with Gasteiger partial charge in [0.2, 0.25) is 21.8 Å². The van der Waals surface area contributed by atoms with E-state index in [0.717, 1.165) is 4.88 Å². The molecule has 2 heterocycles. The second-order valence-electron chi connectivity index (χ2n) is 6.53. The Labute approximate surface area is 182 Å². The summed E-state index contributed by atoms with van der Waals surface area (Å²) in [5, 5.41) is 14.8. The Hall–Kier alpha value is -2.60. The normalized spacial score (nSPS) is 12.3. The van der Waals surface area contributed by atoms with E-state index in [1.54, 1.807) is 24.4 Å². The Balaban J connectivity index is 1.54. The zero-order valence-electron chi connectivity index (χ0n) is 16.0. The van der Waals surface area contributed by atoms with E-state index in [4.69, 9.17) is 5.14 Å². The Morgan fingerprint density at radius 1 is 1.13 bits per heavy atom. The first-order valence-corrected chi connectivity index (χ1v) is 12.2. The first-order chi connectivity index (χ1) is 14.2. The van der Waals surface area contributed by atoms with Crippen LogP contribution in [0.1, 0.15) is 29.1 Å². The number of anilines is 1. The molecular formula is C19H20N4O4S3. The average Bonchev–Trinajstić information content (AvgIpc) is 3.33. The van der Waals surface area contributed by atoms with Gasteiger partial charge in [-0.05, 0) is 36.1 Å². The van der Waals surface area contributed by atoms with Crippen molar-refractivity contribution in [1.29, 1.82) is 0 Å². The molecule has 2 aromatic heterocycles. The van der Waals surface area contributed by atoms with Crippen LogP contribution in [-0.4, -0.2) is 25.2 Å². The number of benzene rings is 1. The standard InChI is InChI=1S/C19H20N4O4S3/c1-12(13-4-2-6-16(8-13)30(20,26)27)21-17(24)9-14-11-29-19(22-14)23-18(25)10-15-5-3-7-28-15/h2-8,11-12H,9-10H2,1H3,(H,21,24)(H2,20,26,27)(H,22,23,25). The van der Waals surface area contributed by atoms with Crippen LogP contribution >= 0.6 is 22.7 Å². The van der Waals surface area contributed by atoms with Crippen molar-refractivity contribution >= 4 is 49.6 Å². The van der Waals surface area contributed by atoms with E-state index in [2.05, 4.69) is 15.6 Å². The van der Waals surface area contributed by atoms with Gasteiger partial charge in [-0.1, -0.05) is 18.2 Å². The van der Waals surface area contributed by atoms with Crippen LogP contribution in [0.3, 0.4) is 0 Å². The molecule has 3 rings (SSSR count). The van der Waals surface area contributed by atoms with Crippen molar-refractivity contribution in [3.63, 3.8) is 0 Å². The number of sulfonamides is 1. The molecule has 0 fully saturated rings. The number of thiazole rings is 1. The molecule has 0 saturated heterocycles. The number of nitrogens with two attached hydrogens (primary N) is 1. The lowest BCUT2D eigenvalue weighted by molar-refractivity contribution is -0.121. The minimum atomic E-state index is -3.81. The predicted octanol–water partition coefficient (Wildman–Crippen LogP) is 2.45. The highest BCUT2D eigenvalue weighted by Crippen LogP contribution is 2.19. The van der Waals surface area contributed by atoms with Crippen LogP contribution < -0.4 is 15.8 Å². The van der Waals surface area contributed by atoms with Crippen molar-refractivity contribution in [3.05, 3.63) is 63.3 Å². The molecule has 0 aliphatic rings. The van der Waals surface area contributed by atoms with Gasteiger partial charge in [0, 0.05) is 10.3 Å². The number of amides is 2. The fourth-order valence-electron chi connectivity index (χ4n) is 2.68. The molecule has 0 saturated carbocycles. The summed E-state index contributed by atoms with van der Waals surface area (Å²) in [7, 11) is -3.81. The topological polar surface area (TPSA) is 131 Å². The summed E-state index contributed by atoms with van der Waals surface area (Å²) < 4.78 is 23.0. The van der Waals surface area contributed by atoms with E-state index in [1.807, 2.05) is 17.5 Å². The maximum atomic E-state index is 12.3. The number of hydrogen-bond donors (Lipinski definition) is 3. The molecule has 8 nitrogen and oxygen atoms in total. The number of rotatable bonds is 8. The second-order valence-corrected chi connectivity index (χ2v) is 9.98. The summed E-state index contributed by atoms with van der Waals surface area (Å²) >= 11 is 2.76. The lowest BCUT2D eigenvalue weighted by atomic mass is 10.1. The molecule has 1 unspecified atom stereocenters. The molecule has 30 heavy (non-hydrogen) atoms. The minimum Gasteiger partial charge on any atom is -0.349 e. The molecule has 0 bridgehead atoms. The highest BCUT2D eigenvalue weighted by Gasteiger charge is 2.15. The van der Waals surface area contributed by atoms with E-state index in [1.165, 1.54) is 34.8 Å². The van der Waals surface area contributed by atoms with Crippen LogP contribution in [0.5, 0.6) is 0 Å². The molecule has 0 aliphatic heterocycles. The predicted molar refractivity (Wildman–Crippen MR) is 117 cm³/mol. The van der Waals surface area contributed by atoms with Crippen LogP contribution in [0.2, 0.25) is 0 Å². The molecule has 0 radical (unpaired) electrons. The Kier molecular flexibility index (Phi) is 6.98. The number of aromatic nitrogens is 1. The molecular weight excluding hydrogens is 444 g/mol. The Bertz CT molecular complexity index is 1140. The summed E-state index contributed by atoms with van der Waals surface area (Å²) in [5.41, 5.74) is 1.16. The minimum absolute atomic E-state index is 0.0106. The Morgan fingerprint density at radius 2 is 1.93 bits per heavy atom. The van der Waals surface area contributed by atoms with Crippen molar-refractivity contribution < 1.29 is 18.0 Å². The molecule has 1 atom stereocenters. The van der Waals surface area contributed by atoms with Crippen LogP contribution in [-0.2, 0) is 32.5 Å². The maximum absolute atomic E-state index is 12.3. The summed E-state index contributed by atoms with van der Waals surface area (Å²) in [6.45, 7) is 1.75. The third-order valence-electron chi connectivity index (χ3n) is 4.12.